The molecule has 0 bridgehead atoms. The van der Waals surface area contributed by atoms with E-state index >= 15 is 0 Å². The standard InChI is InChI=1S/C23H24N4O/c1-17(2)15-19-10-12-20(13-11-19)21-16-22(26-25-21)23(28)27-24-14-6-9-18-7-4-3-5-8-18/h3-14,16-17H,15H2,1-2H3,(H,25,26)(H,27,28)/b9-6+,24-14+. The molecule has 0 saturated heterocycles. The zero-order valence-electron chi connectivity index (χ0n) is 16.1. The molecule has 1 aromatic heterocycles. The van der Waals surface area contributed by atoms with Gasteiger partial charge in [0.25, 0.3) is 5.91 Å². The molecule has 0 atom stereocenters. The summed E-state index contributed by atoms with van der Waals surface area (Å²) in [7, 11) is 0. The van der Waals surface area contributed by atoms with Gasteiger partial charge in [-0.3, -0.25) is 9.89 Å². The predicted molar refractivity (Wildman–Crippen MR) is 114 cm³/mol. The molecule has 0 fully saturated rings. The maximum atomic E-state index is 12.2. The number of aromatic nitrogens is 2. The van der Waals surface area contributed by atoms with Crippen LogP contribution in [0.25, 0.3) is 17.3 Å². The van der Waals surface area contributed by atoms with Crippen molar-refractivity contribution in [1.82, 2.24) is 15.6 Å². The van der Waals surface area contributed by atoms with Gasteiger partial charge in [0.05, 0.1) is 5.69 Å². The third-order valence-electron chi connectivity index (χ3n) is 4.13. The fourth-order valence-corrected chi connectivity index (χ4v) is 2.79. The normalized spacial score (nSPS) is 11.5. The van der Waals surface area contributed by atoms with E-state index in [1.165, 1.54) is 11.8 Å². The Morgan fingerprint density at radius 2 is 1.89 bits per heavy atom. The molecule has 5 nitrogen and oxygen atoms in total. The van der Waals surface area contributed by atoms with Crippen LogP contribution in [0.15, 0.2) is 71.8 Å². The molecule has 0 aliphatic rings. The summed E-state index contributed by atoms with van der Waals surface area (Å²) in [4.78, 5) is 12.2. The Labute approximate surface area is 165 Å². The van der Waals surface area contributed by atoms with Crippen LogP contribution in [0.1, 0.15) is 35.5 Å². The summed E-state index contributed by atoms with van der Waals surface area (Å²) in [6.07, 6.45) is 6.26. The SMILES string of the molecule is CC(C)Cc1ccc(-c2cc(C(=O)N/N=C/C=C/c3ccccc3)[nH]n2)cc1. The van der Waals surface area contributed by atoms with E-state index in [1.807, 2.05) is 48.5 Å². The Morgan fingerprint density at radius 3 is 2.61 bits per heavy atom. The van der Waals surface area contributed by atoms with E-state index in [9.17, 15) is 4.79 Å². The average molecular weight is 372 g/mol. The quantitative estimate of drug-likeness (QED) is 0.466. The lowest BCUT2D eigenvalue weighted by molar-refractivity contribution is 0.0950. The van der Waals surface area contributed by atoms with Gasteiger partial charge in [-0.1, -0.05) is 74.5 Å². The molecule has 3 aromatic rings. The first-order valence-corrected chi connectivity index (χ1v) is 9.31. The first-order valence-electron chi connectivity index (χ1n) is 9.31. The van der Waals surface area contributed by atoms with Crippen molar-refractivity contribution in [2.45, 2.75) is 20.3 Å². The number of aromatic amines is 1. The molecule has 0 aliphatic carbocycles. The number of H-pyrrole nitrogens is 1. The first-order chi connectivity index (χ1) is 13.6. The number of benzene rings is 2. The van der Waals surface area contributed by atoms with Gasteiger partial charge in [-0.05, 0) is 35.6 Å². The summed E-state index contributed by atoms with van der Waals surface area (Å²) in [5.74, 6) is 0.286. The lowest BCUT2D eigenvalue weighted by atomic mass is 10.0. The number of nitrogens with one attached hydrogen (secondary N) is 2. The number of hydrogen-bond donors (Lipinski definition) is 2. The molecule has 0 radical (unpaired) electrons. The number of rotatable bonds is 7. The van der Waals surface area contributed by atoms with E-state index in [0.29, 0.717) is 11.6 Å². The second kappa shape index (κ2) is 9.46. The molecular formula is C23H24N4O. The van der Waals surface area contributed by atoms with Gasteiger partial charge in [-0.25, -0.2) is 5.43 Å². The second-order valence-corrected chi connectivity index (χ2v) is 6.95. The minimum absolute atomic E-state index is 0.334. The molecule has 1 heterocycles. The van der Waals surface area contributed by atoms with E-state index in [-0.39, 0.29) is 5.91 Å². The van der Waals surface area contributed by atoms with E-state index in [4.69, 9.17) is 0 Å². The molecule has 5 heteroatoms. The van der Waals surface area contributed by atoms with Crippen molar-refractivity contribution in [2.75, 3.05) is 0 Å². The molecule has 0 aliphatic heterocycles. The summed E-state index contributed by atoms with van der Waals surface area (Å²) in [6.45, 7) is 4.40. The van der Waals surface area contributed by atoms with Gasteiger partial charge in [0, 0.05) is 11.8 Å². The van der Waals surface area contributed by atoms with Gasteiger partial charge in [-0.2, -0.15) is 10.2 Å². The van der Waals surface area contributed by atoms with Crippen LogP contribution in [0.4, 0.5) is 0 Å². The summed E-state index contributed by atoms with van der Waals surface area (Å²) >= 11 is 0. The maximum Gasteiger partial charge on any atom is 0.289 e. The maximum absolute atomic E-state index is 12.2. The van der Waals surface area contributed by atoms with Crippen molar-refractivity contribution in [3.05, 3.63) is 83.6 Å². The van der Waals surface area contributed by atoms with Crippen LogP contribution in [0.3, 0.4) is 0 Å². The van der Waals surface area contributed by atoms with Gasteiger partial charge in [0.15, 0.2) is 0 Å². The molecule has 0 unspecified atom stereocenters. The topological polar surface area (TPSA) is 70.1 Å². The number of carbonyl (C=O) groups excluding carboxylic acids is 1. The van der Waals surface area contributed by atoms with Crippen LogP contribution in [0, 0.1) is 5.92 Å². The largest absolute Gasteiger partial charge is 0.289 e. The smallest absolute Gasteiger partial charge is 0.272 e. The Balaban J connectivity index is 1.56. The number of allylic oxidation sites excluding steroid dienone is 1. The Hall–Kier alpha value is -3.47. The van der Waals surface area contributed by atoms with Gasteiger partial charge in [0.2, 0.25) is 0 Å². The van der Waals surface area contributed by atoms with Crippen molar-refractivity contribution < 1.29 is 4.79 Å². The van der Waals surface area contributed by atoms with Crippen molar-refractivity contribution in [3.8, 4) is 11.3 Å². The summed E-state index contributed by atoms with van der Waals surface area (Å²) in [5, 5.41) is 10.9. The zero-order chi connectivity index (χ0) is 19.8. The fourth-order valence-electron chi connectivity index (χ4n) is 2.79. The lowest BCUT2D eigenvalue weighted by Gasteiger charge is -2.05. The molecule has 3 rings (SSSR count). The number of hydrazone groups is 1. The minimum Gasteiger partial charge on any atom is -0.272 e. The van der Waals surface area contributed by atoms with Gasteiger partial charge in [0.1, 0.15) is 5.69 Å². The van der Waals surface area contributed by atoms with Crippen molar-refractivity contribution in [1.29, 1.82) is 0 Å². The van der Waals surface area contributed by atoms with Crippen LogP contribution < -0.4 is 5.43 Å². The second-order valence-electron chi connectivity index (χ2n) is 6.95. The third kappa shape index (κ3) is 5.51. The predicted octanol–water partition coefficient (Wildman–Crippen LogP) is 4.70. The van der Waals surface area contributed by atoms with Gasteiger partial charge < -0.3 is 0 Å². The van der Waals surface area contributed by atoms with Crippen LogP contribution >= 0.6 is 0 Å². The molecule has 28 heavy (non-hydrogen) atoms. The van der Waals surface area contributed by atoms with E-state index in [0.717, 1.165) is 23.2 Å². The van der Waals surface area contributed by atoms with Crippen LogP contribution in [0.5, 0.6) is 0 Å². The number of nitrogens with zero attached hydrogens (tertiary/aromatic N) is 2. The van der Waals surface area contributed by atoms with Crippen LogP contribution in [-0.2, 0) is 6.42 Å². The minimum atomic E-state index is -0.334. The molecule has 0 saturated carbocycles. The third-order valence-corrected chi connectivity index (χ3v) is 4.13. The average Bonchev–Trinajstić information content (AvgIpc) is 3.19. The first kappa shape index (κ1) is 19.3. The molecule has 0 spiro atoms. The lowest BCUT2D eigenvalue weighted by Crippen LogP contribution is -2.17. The van der Waals surface area contributed by atoms with Crippen molar-refractivity contribution in [3.63, 3.8) is 0 Å². The zero-order valence-corrected chi connectivity index (χ0v) is 16.1. The molecule has 2 aromatic carbocycles. The highest BCUT2D eigenvalue weighted by Crippen LogP contribution is 2.19. The Bertz CT molecular complexity index is 954. The summed E-state index contributed by atoms with van der Waals surface area (Å²) in [5.41, 5.74) is 6.92. The molecule has 1 amide bonds. The Kier molecular flexibility index (Phi) is 6.52. The Morgan fingerprint density at radius 1 is 1.14 bits per heavy atom. The highest BCUT2D eigenvalue weighted by atomic mass is 16.2. The summed E-state index contributed by atoms with van der Waals surface area (Å²) < 4.78 is 0. The van der Waals surface area contributed by atoms with E-state index in [1.54, 1.807) is 12.1 Å². The number of hydrogen-bond acceptors (Lipinski definition) is 3. The van der Waals surface area contributed by atoms with E-state index in [2.05, 4.69) is 46.7 Å². The monoisotopic (exact) mass is 372 g/mol. The molecule has 2 N–H and O–H groups in total. The fraction of sp³-hybridized carbons (Fsp3) is 0.174. The summed E-state index contributed by atoms with van der Waals surface area (Å²) in [6, 6.07) is 19.9. The van der Waals surface area contributed by atoms with Gasteiger partial charge in [-0.15, -0.1) is 0 Å². The number of carbonyl (C=O) groups is 1. The van der Waals surface area contributed by atoms with Crippen molar-refractivity contribution >= 4 is 18.2 Å². The van der Waals surface area contributed by atoms with Crippen LogP contribution in [-0.4, -0.2) is 22.3 Å². The number of amides is 1. The van der Waals surface area contributed by atoms with E-state index < -0.39 is 0 Å². The van der Waals surface area contributed by atoms with Gasteiger partial charge >= 0.3 is 0 Å². The molecule has 142 valence electrons. The molecular weight excluding hydrogens is 348 g/mol. The van der Waals surface area contributed by atoms with Crippen LogP contribution in [0.2, 0.25) is 0 Å². The highest BCUT2D eigenvalue weighted by Gasteiger charge is 2.10. The highest BCUT2D eigenvalue weighted by molar-refractivity contribution is 5.94. The van der Waals surface area contributed by atoms with Crippen molar-refractivity contribution in [2.24, 2.45) is 11.0 Å².